The van der Waals surface area contributed by atoms with Gasteiger partial charge in [0.05, 0.1) is 5.56 Å². The molecule has 1 aromatic rings. The van der Waals surface area contributed by atoms with Crippen molar-refractivity contribution in [3.8, 4) is 0 Å². The molecule has 0 spiro atoms. The van der Waals surface area contributed by atoms with Gasteiger partial charge in [-0.2, -0.15) is 0 Å². The summed E-state index contributed by atoms with van der Waals surface area (Å²) in [5, 5.41) is 8.80. The third-order valence-corrected chi connectivity index (χ3v) is 2.37. The smallest absolute Gasteiger partial charge is 0.337 e. The average Bonchev–Trinajstić information content (AvgIpc) is 2.18. The van der Waals surface area contributed by atoms with Crippen molar-refractivity contribution >= 4 is 5.97 Å². The van der Waals surface area contributed by atoms with E-state index in [0.29, 0.717) is 0 Å². The van der Waals surface area contributed by atoms with E-state index in [2.05, 4.69) is 0 Å². The highest BCUT2D eigenvalue weighted by atomic mass is 16.4. The van der Waals surface area contributed by atoms with Gasteiger partial charge in [0.2, 0.25) is 0 Å². The molecule has 0 radical (unpaired) electrons. The van der Waals surface area contributed by atoms with Gasteiger partial charge in [0.25, 0.3) is 5.56 Å². The zero-order valence-electron chi connectivity index (χ0n) is 8.93. The second-order valence-corrected chi connectivity index (χ2v) is 3.61. The first-order valence-electron chi connectivity index (χ1n) is 5.01. The highest BCUT2D eigenvalue weighted by Crippen LogP contribution is 2.10. The molecule has 1 N–H and O–H groups in total. The fourth-order valence-corrected chi connectivity index (χ4v) is 1.53. The molecule has 1 unspecified atom stereocenters. The molecule has 4 nitrogen and oxygen atoms in total. The maximum Gasteiger partial charge on any atom is 0.337 e. The van der Waals surface area contributed by atoms with Crippen molar-refractivity contribution in [2.24, 2.45) is 0 Å². The predicted octanol–water partition coefficient (Wildman–Crippen LogP) is 1.91. The molecule has 0 aliphatic heterocycles. The number of aromatic nitrogens is 1. The minimum absolute atomic E-state index is 0.0433. The van der Waals surface area contributed by atoms with Crippen LogP contribution in [-0.4, -0.2) is 15.6 Å². The topological polar surface area (TPSA) is 59.3 Å². The molecule has 1 heterocycles. The van der Waals surface area contributed by atoms with Crippen LogP contribution in [0.2, 0.25) is 0 Å². The summed E-state index contributed by atoms with van der Waals surface area (Å²) in [6.45, 7) is 3.94. The van der Waals surface area contributed by atoms with Crippen molar-refractivity contribution in [3.63, 3.8) is 0 Å². The third-order valence-electron chi connectivity index (χ3n) is 2.37. The van der Waals surface area contributed by atoms with E-state index in [0.717, 1.165) is 12.8 Å². The van der Waals surface area contributed by atoms with Gasteiger partial charge in [0.1, 0.15) is 0 Å². The van der Waals surface area contributed by atoms with E-state index < -0.39 is 5.97 Å². The van der Waals surface area contributed by atoms with Gasteiger partial charge in [-0.25, -0.2) is 4.79 Å². The Hall–Kier alpha value is -1.58. The van der Waals surface area contributed by atoms with Crippen molar-refractivity contribution < 1.29 is 9.90 Å². The van der Waals surface area contributed by atoms with Crippen molar-refractivity contribution in [2.75, 3.05) is 0 Å². The average molecular weight is 209 g/mol. The normalized spacial score (nSPS) is 12.4. The molecule has 0 aromatic carbocycles. The lowest BCUT2D eigenvalue weighted by molar-refractivity contribution is 0.0695. The van der Waals surface area contributed by atoms with Gasteiger partial charge in [-0.15, -0.1) is 0 Å². The lowest BCUT2D eigenvalue weighted by Gasteiger charge is -2.14. The fourth-order valence-electron chi connectivity index (χ4n) is 1.53. The number of pyridine rings is 1. The molecule has 1 aromatic heterocycles. The van der Waals surface area contributed by atoms with Crippen LogP contribution in [0.25, 0.3) is 0 Å². The lowest BCUT2D eigenvalue weighted by atomic mass is 10.2. The van der Waals surface area contributed by atoms with Crippen LogP contribution in [-0.2, 0) is 0 Å². The zero-order valence-corrected chi connectivity index (χ0v) is 8.93. The molecule has 0 aliphatic rings. The number of carboxylic acid groups (broad SMARTS) is 1. The molecule has 1 atom stereocenters. The van der Waals surface area contributed by atoms with Crippen LogP contribution in [0.15, 0.2) is 23.1 Å². The van der Waals surface area contributed by atoms with E-state index in [4.69, 9.17) is 5.11 Å². The number of carboxylic acids is 1. The van der Waals surface area contributed by atoms with Crippen LogP contribution in [0.5, 0.6) is 0 Å². The van der Waals surface area contributed by atoms with Gasteiger partial charge in [0.15, 0.2) is 0 Å². The van der Waals surface area contributed by atoms with Crippen LogP contribution >= 0.6 is 0 Å². The summed E-state index contributed by atoms with van der Waals surface area (Å²) in [4.78, 5) is 22.2. The van der Waals surface area contributed by atoms with Gasteiger partial charge in [0, 0.05) is 18.3 Å². The maximum atomic E-state index is 11.5. The highest BCUT2D eigenvalue weighted by Gasteiger charge is 2.09. The van der Waals surface area contributed by atoms with Crippen LogP contribution in [0.4, 0.5) is 0 Å². The first-order valence-corrected chi connectivity index (χ1v) is 5.01. The number of hydrogen-bond acceptors (Lipinski definition) is 2. The molecule has 4 heteroatoms. The minimum Gasteiger partial charge on any atom is -0.478 e. The van der Waals surface area contributed by atoms with E-state index in [1.807, 2.05) is 13.8 Å². The first-order chi connectivity index (χ1) is 7.06. The van der Waals surface area contributed by atoms with Crippen molar-refractivity contribution in [1.29, 1.82) is 0 Å². The number of rotatable bonds is 4. The summed E-state index contributed by atoms with van der Waals surface area (Å²) >= 11 is 0. The Morgan fingerprint density at radius 3 is 2.73 bits per heavy atom. The van der Waals surface area contributed by atoms with Gasteiger partial charge >= 0.3 is 5.97 Å². The van der Waals surface area contributed by atoms with E-state index in [1.165, 1.54) is 22.9 Å². The molecule has 0 aliphatic carbocycles. The molecule has 1 rings (SSSR count). The van der Waals surface area contributed by atoms with Crippen LogP contribution in [0.1, 0.15) is 43.1 Å². The number of hydrogen-bond donors (Lipinski definition) is 1. The van der Waals surface area contributed by atoms with Crippen LogP contribution in [0.3, 0.4) is 0 Å². The van der Waals surface area contributed by atoms with E-state index in [1.54, 1.807) is 0 Å². The van der Waals surface area contributed by atoms with Crippen LogP contribution < -0.4 is 5.56 Å². The molecule has 0 saturated heterocycles. The molecule has 0 amide bonds. The first kappa shape index (κ1) is 11.5. The van der Waals surface area contributed by atoms with E-state index in [-0.39, 0.29) is 17.2 Å². The molecular weight excluding hydrogens is 194 g/mol. The zero-order chi connectivity index (χ0) is 11.4. The van der Waals surface area contributed by atoms with Crippen molar-refractivity contribution in [3.05, 3.63) is 34.2 Å². The quantitative estimate of drug-likeness (QED) is 0.824. The van der Waals surface area contributed by atoms with Gasteiger partial charge in [-0.3, -0.25) is 4.79 Å². The van der Waals surface area contributed by atoms with Crippen LogP contribution in [0, 0.1) is 0 Å². The van der Waals surface area contributed by atoms with E-state index >= 15 is 0 Å². The number of carbonyl (C=O) groups is 1. The summed E-state index contributed by atoms with van der Waals surface area (Å²) in [5.41, 5.74) is -0.00139. The molecular formula is C11H15NO3. The molecule has 15 heavy (non-hydrogen) atoms. The Bertz CT molecular complexity index is 409. The Kier molecular flexibility index (Phi) is 3.66. The predicted molar refractivity (Wildman–Crippen MR) is 57.3 cm³/mol. The largest absolute Gasteiger partial charge is 0.478 e. The maximum absolute atomic E-state index is 11.5. The number of nitrogens with zero attached hydrogens (tertiary/aromatic N) is 1. The second kappa shape index (κ2) is 4.77. The SMILES string of the molecule is CCCC(C)n1cc(C(=O)O)ccc1=O. The summed E-state index contributed by atoms with van der Waals surface area (Å²) in [6, 6.07) is 2.68. The van der Waals surface area contributed by atoms with Crippen molar-refractivity contribution in [2.45, 2.75) is 32.7 Å². The fraction of sp³-hybridized carbons (Fsp3) is 0.455. The second-order valence-electron chi connectivity index (χ2n) is 3.61. The third kappa shape index (κ3) is 2.68. The molecule has 0 bridgehead atoms. The summed E-state index contributed by atoms with van der Waals surface area (Å²) in [7, 11) is 0. The lowest BCUT2D eigenvalue weighted by Crippen LogP contribution is -2.23. The summed E-state index contributed by atoms with van der Waals surface area (Å²) < 4.78 is 1.48. The standard InChI is InChI=1S/C11H15NO3/c1-3-4-8(2)12-7-9(11(14)15)5-6-10(12)13/h5-8H,3-4H2,1-2H3,(H,14,15). The number of aromatic carboxylic acids is 1. The Labute approximate surface area is 88.2 Å². The van der Waals surface area contributed by atoms with Gasteiger partial charge in [-0.1, -0.05) is 13.3 Å². The monoisotopic (exact) mass is 209 g/mol. The summed E-state index contributed by atoms with van der Waals surface area (Å²) in [5.74, 6) is -1.01. The Balaban J connectivity index is 3.10. The molecule has 82 valence electrons. The summed E-state index contributed by atoms with van der Waals surface area (Å²) in [6.07, 6.45) is 3.23. The van der Waals surface area contributed by atoms with Crippen molar-refractivity contribution in [1.82, 2.24) is 4.57 Å². The minimum atomic E-state index is -1.01. The van der Waals surface area contributed by atoms with Gasteiger partial charge in [-0.05, 0) is 19.4 Å². The Morgan fingerprint density at radius 2 is 2.20 bits per heavy atom. The van der Waals surface area contributed by atoms with Gasteiger partial charge < -0.3 is 9.67 Å². The molecule has 0 fully saturated rings. The Morgan fingerprint density at radius 1 is 1.53 bits per heavy atom. The highest BCUT2D eigenvalue weighted by molar-refractivity contribution is 5.87. The molecule has 0 saturated carbocycles. The van der Waals surface area contributed by atoms with E-state index in [9.17, 15) is 9.59 Å².